The van der Waals surface area contributed by atoms with E-state index in [1.165, 1.54) is 22.2 Å². The number of hydrogen-bond donors (Lipinski definition) is 1. The topological polar surface area (TPSA) is 88.0 Å². The number of rotatable bonds is 4. The van der Waals surface area contributed by atoms with Gasteiger partial charge in [-0.1, -0.05) is 59.4 Å². The second kappa shape index (κ2) is 6.85. The first-order chi connectivity index (χ1) is 12.7. The third-order valence-electron chi connectivity index (χ3n) is 3.70. The Morgan fingerprint density at radius 3 is 2.65 bits per heavy atom. The van der Waals surface area contributed by atoms with Gasteiger partial charge in [0.15, 0.2) is 0 Å². The Balaban J connectivity index is 1.64. The van der Waals surface area contributed by atoms with Gasteiger partial charge in [-0.15, -0.1) is 10.2 Å². The molecule has 128 valence electrons. The largest absolute Gasteiger partial charge is 0.436 e. The standard InChI is InChI=1S/C18H13N5O2S/c1-12-7-9-14(10-8-12)23-15(17(24)25-22-23)11-19-18-21-20-16(26-18)13-5-3-2-4-6-13/h2-11H,1H3/p+1. The fourth-order valence-corrected chi connectivity index (χ4v) is 3.05. The zero-order chi connectivity index (χ0) is 17.9. The van der Waals surface area contributed by atoms with Gasteiger partial charge in [-0.2, -0.15) is 0 Å². The molecule has 0 radical (unpaired) electrons. The summed E-state index contributed by atoms with van der Waals surface area (Å²) in [6.07, 6.45) is 1.43. The molecule has 2 heterocycles. The number of aliphatic imine (C=N–C) groups is 1. The fraction of sp³-hybridized carbons (Fsp3) is 0.0556. The third kappa shape index (κ3) is 3.22. The highest BCUT2D eigenvalue weighted by atomic mass is 32.1. The van der Waals surface area contributed by atoms with Crippen molar-refractivity contribution >= 4 is 22.7 Å². The lowest BCUT2D eigenvalue weighted by atomic mass is 10.2. The van der Waals surface area contributed by atoms with E-state index in [1.54, 1.807) is 0 Å². The van der Waals surface area contributed by atoms with Crippen LogP contribution in [0.2, 0.25) is 0 Å². The molecule has 7 nitrogen and oxygen atoms in total. The quantitative estimate of drug-likeness (QED) is 0.445. The SMILES string of the molecule is Cc1ccc(-[n+]2[nH]oc(=O)c2/C=N/c2nnc(-c3ccccc3)s2)cc1. The molecular weight excluding hydrogens is 350 g/mol. The minimum atomic E-state index is -0.512. The van der Waals surface area contributed by atoms with Crippen LogP contribution in [0.25, 0.3) is 16.3 Å². The molecule has 2 aromatic heterocycles. The van der Waals surface area contributed by atoms with Crippen LogP contribution >= 0.6 is 11.3 Å². The van der Waals surface area contributed by atoms with E-state index in [0.717, 1.165) is 21.8 Å². The van der Waals surface area contributed by atoms with E-state index in [4.69, 9.17) is 4.52 Å². The number of benzene rings is 2. The first kappa shape index (κ1) is 16.1. The van der Waals surface area contributed by atoms with Gasteiger partial charge < -0.3 is 0 Å². The third-order valence-corrected chi connectivity index (χ3v) is 4.58. The predicted octanol–water partition coefficient (Wildman–Crippen LogP) is 2.82. The van der Waals surface area contributed by atoms with Crippen LogP contribution in [0, 0.1) is 6.92 Å². The summed E-state index contributed by atoms with van der Waals surface area (Å²) < 4.78 is 6.43. The number of H-pyrrole nitrogens is 1. The summed E-state index contributed by atoms with van der Waals surface area (Å²) >= 11 is 1.35. The highest BCUT2D eigenvalue weighted by Crippen LogP contribution is 2.27. The van der Waals surface area contributed by atoms with Gasteiger partial charge in [0.1, 0.15) is 11.2 Å². The average molecular weight is 364 g/mol. The molecular formula is C18H14N5O2S+. The van der Waals surface area contributed by atoms with Gasteiger partial charge in [0.25, 0.3) is 0 Å². The maximum absolute atomic E-state index is 12.0. The first-order valence-corrected chi connectivity index (χ1v) is 8.66. The van der Waals surface area contributed by atoms with E-state index < -0.39 is 5.63 Å². The molecule has 0 saturated carbocycles. The first-order valence-electron chi connectivity index (χ1n) is 7.84. The number of aromatic nitrogens is 4. The summed E-state index contributed by atoms with van der Waals surface area (Å²) in [7, 11) is 0. The van der Waals surface area contributed by atoms with Crippen molar-refractivity contribution in [2.75, 3.05) is 0 Å². The van der Waals surface area contributed by atoms with E-state index in [-0.39, 0.29) is 5.69 Å². The average Bonchev–Trinajstić information content (AvgIpc) is 3.28. The van der Waals surface area contributed by atoms with Crippen LogP contribution in [0.4, 0.5) is 5.13 Å². The molecule has 0 unspecified atom stereocenters. The molecule has 26 heavy (non-hydrogen) atoms. The normalized spacial score (nSPS) is 11.3. The number of nitrogens with zero attached hydrogens (tertiary/aromatic N) is 4. The summed E-state index contributed by atoms with van der Waals surface area (Å²) in [5.74, 6) is 0. The predicted molar refractivity (Wildman–Crippen MR) is 98.2 cm³/mol. The molecule has 4 rings (SSSR count). The van der Waals surface area contributed by atoms with Crippen molar-refractivity contribution < 1.29 is 9.20 Å². The molecule has 0 saturated heterocycles. The van der Waals surface area contributed by atoms with Crippen LogP contribution in [-0.2, 0) is 0 Å². The van der Waals surface area contributed by atoms with Crippen LogP contribution in [0.3, 0.4) is 0 Å². The Kier molecular flexibility index (Phi) is 4.24. The van der Waals surface area contributed by atoms with Gasteiger partial charge >= 0.3 is 11.3 Å². The monoisotopic (exact) mass is 364 g/mol. The highest BCUT2D eigenvalue weighted by Gasteiger charge is 2.21. The van der Waals surface area contributed by atoms with E-state index in [1.807, 2.05) is 61.5 Å². The van der Waals surface area contributed by atoms with Crippen molar-refractivity contribution in [3.63, 3.8) is 0 Å². The zero-order valence-electron chi connectivity index (χ0n) is 13.8. The van der Waals surface area contributed by atoms with Crippen molar-refractivity contribution in [3.8, 4) is 16.3 Å². The summed E-state index contributed by atoms with van der Waals surface area (Å²) in [6, 6.07) is 17.4. The number of aromatic amines is 1. The molecule has 0 aliphatic carbocycles. The fourth-order valence-electron chi connectivity index (χ4n) is 2.36. The Morgan fingerprint density at radius 1 is 1.12 bits per heavy atom. The van der Waals surface area contributed by atoms with Crippen molar-refractivity contribution in [3.05, 3.63) is 76.3 Å². The molecule has 0 aliphatic heterocycles. The lowest BCUT2D eigenvalue weighted by molar-refractivity contribution is -0.671. The minimum Gasteiger partial charge on any atom is -0.282 e. The zero-order valence-corrected chi connectivity index (χ0v) is 14.6. The molecule has 0 bridgehead atoms. The maximum Gasteiger partial charge on any atom is 0.436 e. The number of nitrogens with one attached hydrogen (secondary N) is 1. The summed E-state index contributed by atoms with van der Waals surface area (Å²) in [5, 5.41) is 12.0. The van der Waals surface area contributed by atoms with Gasteiger partial charge in [-0.3, -0.25) is 4.52 Å². The summed E-state index contributed by atoms with van der Waals surface area (Å²) in [4.78, 5) is 16.3. The highest BCUT2D eigenvalue weighted by molar-refractivity contribution is 7.18. The van der Waals surface area contributed by atoms with Crippen molar-refractivity contribution in [1.29, 1.82) is 0 Å². The molecule has 0 spiro atoms. The van der Waals surface area contributed by atoms with Gasteiger partial charge in [-0.25, -0.2) is 9.79 Å². The Morgan fingerprint density at radius 2 is 1.88 bits per heavy atom. The molecule has 8 heteroatoms. The van der Waals surface area contributed by atoms with Crippen LogP contribution in [0.5, 0.6) is 0 Å². The van der Waals surface area contributed by atoms with Gasteiger partial charge in [0.2, 0.25) is 10.8 Å². The van der Waals surface area contributed by atoms with Crippen molar-refractivity contribution in [1.82, 2.24) is 15.5 Å². The Labute approximate surface area is 152 Å². The van der Waals surface area contributed by atoms with Crippen LogP contribution in [-0.4, -0.2) is 21.7 Å². The number of hydrogen-bond acceptors (Lipinski definition) is 6. The Bertz CT molecular complexity index is 1110. The van der Waals surface area contributed by atoms with Gasteiger partial charge in [0, 0.05) is 17.7 Å². The smallest absolute Gasteiger partial charge is 0.282 e. The lowest BCUT2D eigenvalue weighted by Crippen LogP contribution is -2.38. The minimum absolute atomic E-state index is 0.269. The maximum atomic E-state index is 12.0. The lowest BCUT2D eigenvalue weighted by Gasteiger charge is -1.92. The molecule has 1 N–H and O–H groups in total. The second-order valence-corrected chi connectivity index (χ2v) is 6.51. The van der Waals surface area contributed by atoms with Crippen LogP contribution < -0.4 is 10.3 Å². The molecule has 0 atom stereocenters. The molecule has 0 amide bonds. The van der Waals surface area contributed by atoms with E-state index in [0.29, 0.717) is 5.13 Å². The van der Waals surface area contributed by atoms with Gasteiger partial charge in [0.05, 0.1) is 0 Å². The molecule has 2 aromatic carbocycles. The molecule has 0 aliphatic rings. The van der Waals surface area contributed by atoms with Gasteiger partial charge in [-0.05, 0) is 16.9 Å². The molecule has 4 aromatic rings. The van der Waals surface area contributed by atoms with E-state index >= 15 is 0 Å². The summed E-state index contributed by atoms with van der Waals surface area (Å²) in [5.41, 5.74) is 2.62. The van der Waals surface area contributed by atoms with Crippen LogP contribution in [0.15, 0.2) is 68.9 Å². The van der Waals surface area contributed by atoms with Crippen LogP contribution in [0.1, 0.15) is 11.3 Å². The van der Waals surface area contributed by atoms with Crippen molar-refractivity contribution in [2.45, 2.75) is 6.92 Å². The van der Waals surface area contributed by atoms with E-state index in [9.17, 15) is 4.79 Å². The second-order valence-electron chi connectivity index (χ2n) is 5.55. The van der Waals surface area contributed by atoms with E-state index in [2.05, 4.69) is 20.5 Å². The Hall–Kier alpha value is -3.39. The molecule has 0 fully saturated rings. The number of aryl methyl sites for hydroxylation is 1. The summed E-state index contributed by atoms with van der Waals surface area (Å²) in [6.45, 7) is 1.99. The van der Waals surface area contributed by atoms with Crippen molar-refractivity contribution in [2.24, 2.45) is 4.99 Å².